The summed E-state index contributed by atoms with van der Waals surface area (Å²) in [4.78, 5) is 0. The monoisotopic (exact) mass is 229 g/mol. The molecule has 0 spiro atoms. The lowest BCUT2D eigenvalue weighted by atomic mass is 9.95. The van der Waals surface area contributed by atoms with Crippen LogP contribution in [0.5, 0.6) is 0 Å². The second kappa shape index (κ2) is 4.28. The average molecular weight is 229 g/mol. The Kier molecular flexibility index (Phi) is 3.73. The van der Waals surface area contributed by atoms with Crippen molar-refractivity contribution in [2.75, 3.05) is 6.54 Å². The number of hydrogen-bond acceptors (Lipinski definition) is 3. The summed E-state index contributed by atoms with van der Waals surface area (Å²) < 4.78 is 12.2. The van der Waals surface area contributed by atoms with Crippen molar-refractivity contribution in [3.05, 3.63) is 0 Å². The van der Waals surface area contributed by atoms with Crippen molar-refractivity contribution in [1.82, 2.24) is 0 Å². The van der Waals surface area contributed by atoms with E-state index < -0.39 is 0 Å². The van der Waals surface area contributed by atoms with Crippen molar-refractivity contribution >= 4 is 0 Å². The van der Waals surface area contributed by atoms with Crippen LogP contribution in [-0.2, 0) is 9.47 Å². The standard InChI is InChI=1S/C13H27NO2/c1-7-13(6,9-14)15-10-8-11(2,3)16-12(10,4)5/h10H,7-9,14H2,1-6H3. The third-order valence-corrected chi connectivity index (χ3v) is 3.60. The molecule has 96 valence electrons. The third kappa shape index (κ3) is 2.96. The highest BCUT2D eigenvalue weighted by atomic mass is 16.6. The van der Waals surface area contributed by atoms with Crippen molar-refractivity contribution in [2.24, 2.45) is 5.73 Å². The molecule has 2 N–H and O–H groups in total. The Morgan fingerprint density at radius 2 is 1.94 bits per heavy atom. The second-order valence-corrected chi connectivity index (χ2v) is 6.28. The maximum absolute atomic E-state index is 6.20. The molecule has 0 aromatic carbocycles. The van der Waals surface area contributed by atoms with Crippen LogP contribution in [0.2, 0.25) is 0 Å². The van der Waals surface area contributed by atoms with E-state index in [2.05, 4.69) is 41.5 Å². The van der Waals surface area contributed by atoms with E-state index in [1.165, 1.54) is 0 Å². The van der Waals surface area contributed by atoms with Gasteiger partial charge in [0.05, 0.1) is 22.9 Å². The van der Waals surface area contributed by atoms with Crippen LogP contribution in [0, 0.1) is 0 Å². The van der Waals surface area contributed by atoms with Crippen molar-refractivity contribution < 1.29 is 9.47 Å². The quantitative estimate of drug-likeness (QED) is 0.805. The molecule has 0 amide bonds. The van der Waals surface area contributed by atoms with E-state index in [-0.39, 0.29) is 22.9 Å². The molecule has 0 aliphatic carbocycles. The molecule has 1 saturated heterocycles. The first-order valence-corrected chi connectivity index (χ1v) is 6.22. The van der Waals surface area contributed by atoms with E-state index in [1.807, 2.05) is 0 Å². The minimum atomic E-state index is -0.230. The predicted octanol–water partition coefficient (Wildman–Crippen LogP) is 2.48. The van der Waals surface area contributed by atoms with Gasteiger partial charge in [-0.3, -0.25) is 0 Å². The summed E-state index contributed by atoms with van der Waals surface area (Å²) in [5.74, 6) is 0. The minimum Gasteiger partial charge on any atom is -0.368 e. The van der Waals surface area contributed by atoms with Gasteiger partial charge in [0.25, 0.3) is 0 Å². The Labute approximate surface area is 99.7 Å². The molecule has 1 rings (SSSR count). The van der Waals surface area contributed by atoms with Crippen LogP contribution >= 0.6 is 0 Å². The Hall–Kier alpha value is -0.120. The van der Waals surface area contributed by atoms with Crippen LogP contribution in [0.4, 0.5) is 0 Å². The van der Waals surface area contributed by atoms with Crippen molar-refractivity contribution in [2.45, 2.75) is 77.3 Å². The summed E-state index contributed by atoms with van der Waals surface area (Å²) in [7, 11) is 0. The largest absolute Gasteiger partial charge is 0.368 e. The van der Waals surface area contributed by atoms with Gasteiger partial charge in [0.1, 0.15) is 0 Å². The second-order valence-electron chi connectivity index (χ2n) is 6.28. The maximum Gasteiger partial charge on any atom is 0.0895 e. The third-order valence-electron chi connectivity index (χ3n) is 3.60. The van der Waals surface area contributed by atoms with E-state index in [0.29, 0.717) is 6.54 Å². The summed E-state index contributed by atoms with van der Waals surface area (Å²) >= 11 is 0. The van der Waals surface area contributed by atoms with Crippen molar-refractivity contribution in [3.8, 4) is 0 Å². The highest BCUT2D eigenvalue weighted by Gasteiger charge is 2.48. The molecule has 0 radical (unpaired) electrons. The van der Waals surface area contributed by atoms with E-state index in [1.54, 1.807) is 0 Å². The average Bonchev–Trinajstić information content (AvgIpc) is 2.34. The Balaban J connectivity index is 2.75. The van der Waals surface area contributed by atoms with Crippen LogP contribution in [-0.4, -0.2) is 29.5 Å². The van der Waals surface area contributed by atoms with Gasteiger partial charge < -0.3 is 15.2 Å². The number of ether oxygens (including phenoxy) is 2. The van der Waals surface area contributed by atoms with Crippen molar-refractivity contribution in [1.29, 1.82) is 0 Å². The molecular formula is C13H27NO2. The summed E-state index contributed by atoms with van der Waals surface area (Å²) in [5, 5.41) is 0. The van der Waals surface area contributed by atoms with Gasteiger partial charge in [-0.15, -0.1) is 0 Å². The summed E-state index contributed by atoms with van der Waals surface area (Å²) in [6.45, 7) is 13.2. The van der Waals surface area contributed by atoms with Crippen LogP contribution in [0.3, 0.4) is 0 Å². The van der Waals surface area contributed by atoms with Gasteiger partial charge in [-0.2, -0.15) is 0 Å². The molecule has 0 bridgehead atoms. The molecule has 0 aromatic rings. The number of hydrogen-bond donors (Lipinski definition) is 1. The van der Waals surface area contributed by atoms with Gasteiger partial charge in [-0.25, -0.2) is 0 Å². The molecule has 0 saturated carbocycles. The zero-order valence-corrected chi connectivity index (χ0v) is 11.6. The molecule has 16 heavy (non-hydrogen) atoms. The van der Waals surface area contributed by atoms with Gasteiger partial charge >= 0.3 is 0 Å². The molecule has 3 nitrogen and oxygen atoms in total. The molecule has 2 atom stereocenters. The minimum absolute atomic E-state index is 0.0998. The lowest BCUT2D eigenvalue weighted by Gasteiger charge is -2.35. The van der Waals surface area contributed by atoms with E-state index in [0.717, 1.165) is 12.8 Å². The fraction of sp³-hybridized carbons (Fsp3) is 1.00. The molecule has 1 aliphatic rings. The lowest BCUT2D eigenvalue weighted by molar-refractivity contribution is -0.144. The van der Waals surface area contributed by atoms with Crippen LogP contribution < -0.4 is 5.73 Å². The molecule has 1 aliphatic heterocycles. The molecular weight excluding hydrogens is 202 g/mol. The maximum atomic E-state index is 6.20. The molecule has 1 fully saturated rings. The fourth-order valence-corrected chi connectivity index (χ4v) is 2.31. The van der Waals surface area contributed by atoms with Gasteiger partial charge in [-0.1, -0.05) is 6.92 Å². The first-order chi connectivity index (χ1) is 7.14. The molecule has 0 aromatic heterocycles. The Bertz CT molecular complexity index is 244. The van der Waals surface area contributed by atoms with Gasteiger partial charge in [-0.05, 0) is 41.0 Å². The molecule has 2 unspecified atom stereocenters. The normalized spacial score (nSPS) is 31.3. The zero-order chi connectivity index (χ0) is 12.6. The molecule has 3 heteroatoms. The summed E-state index contributed by atoms with van der Waals surface area (Å²) in [6, 6.07) is 0. The number of nitrogens with two attached hydrogens (primary N) is 1. The molecule has 1 heterocycles. The zero-order valence-electron chi connectivity index (χ0n) is 11.6. The Morgan fingerprint density at radius 3 is 2.25 bits per heavy atom. The van der Waals surface area contributed by atoms with Gasteiger partial charge in [0.15, 0.2) is 0 Å². The first kappa shape index (κ1) is 13.9. The topological polar surface area (TPSA) is 44.5 Å². The first-order valence-electron chi connectivity index (χ1n) is 6.22. The summed E-state index contributed by atoms with van der Waals surface area (Å²) in [6.07, 6.45) is 1.97. The fourth-order valence-electron chi connectivity index (χ4n) is 2.31. The highest BCUT2D eigenvalue weighted by molar-refractivity contribution is 4.97. The lowest BCUT2D eigenvalue weighted by Crippen LogP contribution is -2.45. The van der Waals surface area contributed by atoms with E-state index in [9.17, 15) is 0 Å². The Morgan fingerprint density at radius 1 is 1.38 bits per heavy atom. The van der Waals surface area contributed by atoms with Crippen LogP contribution in [0.15, 0.2) is 0 Å². The van der Waals surface area contributed by atoms with E-state index in [4.69, 9.17) is 15.2 Å². The van der Waals surface area contributed by atoms with E-state index >= 15 is 0 Å². The van der Waals surface area contributed by atoms with Gasteiger partial charge in [0.2, 0.25) is 0 Å². The van der Waals surface area contributed by atoms with Crippen LogP contribution in [0.1, 0.15) is 54.4 Å². The van der Waals surface area contributed by atoms with Crippen LogP contribution in [0.25, 0.3) is 0 Å². The highest BCUT2D eigenvalue weighted by Crippen LogP contribution is 2.40. The van der Waals surface area contributed by atoms with Crippen molar-refractivity contribution in [3.63, 3.8) is 0 Å². The SMILES string of the molecule is CCC(C)(CN)OC1CC(C)(C)OC1(C)C. The predicted molar refractivity (Wildman–Crippen MR) is 66.5 cm³/mol. The van der Waals surface area contributed by atoms with Gasteiger partial charge in [0, 0.05) is 13.0 Å². The smallest absolute Gasteiger partial charge is 0.0895 e. The summed E-state index contributed by atoms with van der Waals surface area (Å²) in [5.41, 5.74) is 5.23. The number of rotatable bonds is 4.